The molecule has 5 nitrogen and oxygen atoms in total. The van der Waals surface area contributed by atoms with Crippen LogP contribution in [-0.4, -0.2) is 39.1 Å². The standard InChI is InChI=1S/C21H34N2O3/c1-6-8-12-25-20-14-17(3)21(18(4)15-20)26-13-10-9-11-22-16-19(7-2)23-24-5/h6,8,14-15,22H,7,9-13,16H2,1-5H3/b8-6+,23-19?. The summed E-state index contributed by atoms with van der Waals surface area (Å²) in [4.78, 5) is 4.81. The Morgan fingerprint density at radius 1 is 1.15 bits per heavy atom. The van der Waals surface area contributed by atoms with Crippen LogP contribution in [0.4, 0.5) is 0 Å². The number of ether oxygens (including phenoxy) is 2. The van der Waals surface area contributed by atoms with Crippen LogP contribution in [0.1, 0.15) is 44.2 Å². The molecule has 0 aliphatic carbocycles. The fraction of sp³-hybridized carbons (Fsp3) is 0.571. The largest absolute Gasteiger partial charge is 0.493 e. The molecule has 1 aromatic rings. The summed E-state index contributed by atoms with van der Waals surface area (Å²) < 4.78 is 11.7. The number of aryl methyl sites for hydroxylation is 2. The molecule has 0 atom stereocenters. The molecule has 1 rings (SSSR count). The van der Waals surface area contributed by atoms with Gasteiger partial charge in [-0.15, -0.1) is 0 Å². The molecule has 0 amide bonds. The molecule has 1 N–H and O–H groups in total. The summed E-state index contributed by atoms with van der Waals surface area (Å²) in [6.45, 7) is 11.2. The fourth-order valence-corrected chi connectivity index (χ4v) is 2.57. The Hall–Kier alpha value is -2.01. The lowest BCUT2D eigenvalue weighted by Gasteiger charge is -2.14. The summed E-state index contributed by atoms with van der Waals surface area (Å²) in [5.74, 6) is 1.86. The monoisotopic (exact) mass is 362 g/mol. The topological polar surface area (TPSA) is 52.1 Å². The van der Waals surface area contributed by atoms with E-state index in [0.717, 1.165) is 67.3 Å². The van der Waals surface area contributed by atoms with Crippen LogP contribution in [0.15, 0.2) is 29.4 Å². The smallest absolute Gasteiger partial charge is 0.125 e. The minimum Gasteiger partial charge on any atom is -0.493 e. The number of allylic oxidation sites excluding steroid dienone is 1. The van der Waals surface area contributed by atoms with Gasteiger partial charge in [0, 0.05) is 6.54 Å². The van der Waals surface area contributed by atoms with E-state index in [9.17, 15) is 0 Å². The molecule has 0 spiro atoms. The van der Waals surface area contributed by atoms with Crippen molar-refractivity contribution in [2.75, 3.05) is 33.4 Å². The number of benzene rings is 1. The van der Waals surface area contributed by atoms with Gasteiger partial charge >= 0.3 is 0 Å². The van der Waals surface area contributed by atoms with Crippen LogP contribution < -0.4 is 14.8 Å². The van der Waals surface area contributed by atoms with E-state index in [4.69, 9.17) is 14.3 Å². The normalized spacial score (nSPS) is 11.8. The summed E-state index contributed by atoms with van der Waals surface area (Å²) in [6, 6.07) is 4.07. The Balaban J connectivity index is 2.31. The second-order valence-electron chi connectivity index (χ2n) is 6.19. The first-order chi connectivity index (χ1) is 12.6. The lowest BCUT2D eigenvalue weighted by atomic mass is 10.1. The Bertz CT molecular complexity index is 560. The number of hydrogen-bond donors (Lipinski definition) is 1. The molecule has 0 aliphatic rings. The first kappa shape index (κ1) is 22.0. The van der Waals surface area contributed by atoms with Crippen LogP contribution in [0, 0.1) is 13.8 Å². The van der Waals surface area contributed by atoms with Crippen LogP contribution >= 0.6 is 0 Å². The maximum absolute atomic E-state index is 5.99. The van der Waals surface area contributed by atoms with E-state index in [0.29, 0.717) is 6.61 Å². The third kappa shape index (κ3) is 8.39. The molecular formula is C21H34N2O3. The van der Waals surface area contributed by atoms with E-state index in [1.807, 2.05) is 31.2 Å². The number of unbranched alkanes of at least 4 members (excludes halogenated alkanes) is 1. The van der Waals surface area contributed by atoms with Gasteiger partial charge in [0.2, 0.25) is 0 Å². The summed E-state index contributed by atoms with van der Waals surface area (Å²) >= 11 is 0. The van der Waals surface area contributed by atoms with Gasteiger partial charge in [0.25, 0.3) is 0 Å². The van der Waals surface area contributed by atoms with Gasteiger partial charge in [-0.25, -0.2) is 0 Å². The lowest BCUT2D eigenvalue weighted by molar-refractivity contribution is 0.212. The molecule has 0 heterocycles. The SMILES string of the molecule is C/C=C/COc1cc(C)c(OCCCCNCC(CC)=NOC)c(C)c1. The molecule has 0 saturated carbocycles. The highest BCUT2D eigenvalue weighted by molar-refractivity contribution is 5.85. The Labute approximate surface area is 158 Å². The van der Waals surface area contributed by atoms with Crippen molar-refractivity contribution in [3.8, 4) is 11.5 Å². The highest BCUT2D eigenvalue weighted by Crippen LogP contribution is 2.28. The van der Waals surface area contributed by atoms with Gasteiger partial charge < -0.3 is 19.6 Å². The fourth-order valence-electron chi connectivity index (χ4n) is 2.57. The minimum atomic E-state index is 0.595. The highest BCUT2D eigenvalue weighted by atomic mass is 16.6. The summed E-state index contributed by atoms with van der Waals surface area (Å²) in [6.07, 6.45) is 6.95. The zero-order chi connectivity index (χ0) is 19.2. The van der Waals surface area contributed by atoms with Crippen molar-refractivity contribution < 1.29 is 14.3 Å². The van der Waals surface area contributed by atoms with Crippen molar-refractivity contribution in [2.24, 2.45) is 5.16 Å². The minimum absolute atomic E-state index is 0.595. The van der Waals surface area contributed by atoms with Crippen LogP contribution in [0.5, 0.6) is 11.5 Å². The van der Waals surface area contributed by atoms with E-state index in [2.05, 4.69) is 31.2 Å². The maximum atomic E-state index is 5.99. The van der Waals surface area contributed by atoms with Crippen LogP contribution in [0.3, 0.4) is 0 Å². The molecule has 0 radical (unpaired) electrons. The van der Waals surface area contributed by atoms with Crippen molar-refractivity contribution in [3.05, 3.63) is 35.4 Å². The van der Waals surface area contributed by atoms with Gasteiger partial charge in [-0.2, -0.15) is 0 Å². The van der Waals surface area contributed by atoms with Gasteiger partial charge in [0.1, 0.15) is 25.2 Å². The zero-order valence-electron chi connectivity index (χ0n) is 16.9. The molecule has 0 saturated heterocycles. The highest BCUT2D eigenvalue weighted by Gasteiger charge is 2.07. The van der Waals surface area contributed by atoms with Gasteiger partial charge in [-0.1, -0.05) is 24.2 Å². The molecule has 26 heavy (non-hydrogen) atoms. The quantitative estimate of drug-likeness (QED) is 0.244. The first-order valence-electron chi connectivity index (χ1n) is 9.39. The Morgan fingerprint density at radius 2 is 1.88 bits per heavy atom. The second-order valence-corrected chi connectivity index (χ2v) is 6.19. The predicted octanol–water partition coefficient (Wildman–Crippen LogP) is 4.42. The molecule has 146 valence electrons. The molecule has 1 aromatic carbocycles. The number of rotatable bonds is 13. The van der Waals surface area contributed by atoms with E-state index in [-0.39, 0.29) is 0 Å². The average molecular weight is 363 g/mol. The van der Waals surface area contributed by atoms with Crippen molar-refractivity contribution in [3.63, 3.8) is 0 Å². The molecule has 5 heteroatoms. The van der Waals surface area contributed by atoms with Crippen molar-refractivity contribution in [1.29, 1.82) is 0 Å². The van der Waals surface area contributed by atoms with E-state index in [1.54, 1.807) is 7.11 Å². The predicted molar refractivity (Wildman–Crippen MR) is 109 cm³/mol. The van der Waals surface area contributed by atoms with Crippen molar-refractivity contribution in [1.82, 2.24) is 5.32 Å². The van der Waals surface area contributed by atoms with Gasteiger partial charge in [-0.05, 0) is 69.8 Å². The first-order valence-corrected chi connectivity index (χ1v) is 9.39. The van der Waals surface area contributed by atoms with E-state index in [1.165, 1.54) is 0 Å². The molecule has 0 aliphatic heterocycles. The van der Waals surface area contributed by atoms with Gasteiger partial charge in [0.15, 0.2) is 0 Å². The lowest BCUT2D eigenvalue weighted by Crippen LogP contribution is -2.24. The van der Waals surface area contributed by atoms with Gasteiger partial charge in [0.05, 0.1) is 12.3 Å². The maximum Gasteiger partial charge on any atom is 0.125 e. The zero-order valence-corrected chi connectivity index (χ0v) is 16.9. The Kier molecular flexibility index (Phi) is 11.2. The average Bonchev–Trinajstić information content (AvgIpc) is 2.62. The molecular weight excluding hydrogens is 328 g/mol. The van der Waals surface area contributed by atoms with Crippen molar-refractivity contribution in [2.45, 2.75) is 47.0 Å². The second kappa shape index (κ2) is 13.2. The Morgan fingerprint density at radius 3 is 2.50 bits per heavy atom. The van der Waals surface area contributed by atoms with Crippen LogP contribution in [0.2, 0.25) is 0 Å². The van der Waals surface area contributed by atoms with Crippen LogP contribution in [-0.2, 0) is 4.84 Å². The molecule has 0 unspecified atom stereocenters. The number of nitrogens with one attached hydrogen (secondary N) is 1. The molecule has 0 aromatic heterocycles. The number of oxime groups is 1. The summed E-state index contributed by atoms with van der Waals surface area (Å²) in [5, 5.41) is 7.37. The third-order valence-corrected chi connectivity index (χ3v) is 3.97. The number of nitrogens with zero attached hydrogens (tertiary/aromatic N) is 1. The van der Waals surface area contributed by atoms with Crippen LogP contribution in [0.25, 0.3) is 0 Å². The number of hydrogen-bond acceptors (Lipinski definition) is 5. The van der Waals surface area contributed by atoms with E-state index >= 15 is 0 Å². The summed E-state index contributed by atoms with van der Waals surface area (Å²) in [5.41, 5.74) is 3.26. The van der Waals surface area contributed by atoms with E-state index < -0.39 is 0 Å². The van der Waals surface area contributed by atoms with Gasteiger partial charge in [-0.3, -0.25) is 0 Å². The molecule has 0 fully saturated rings. The third-order valence-electron chi connectivity index (χ3n) is 3.97. The summed E-state index contributed by atoms with van der Waals surface area (Å²) in [7, 11) is 1.58. The van der Waals surface area contributed by atoms with Crippen molar-refractivity contribution >= 4 is 5.71 Å². The molecule has 0 bridgehead atoms.